The summed E-state index contributed by atoms with van der Waals surface area (Å²) in [6.45, 7) is 1.03. The van der Waals surface area contributed by atoms with Crippen LogP contribution in [0.3, 0.4) is 0 Å². The quantitative estimate of drug-likeness (QED) is 0.0287. The Bertz CT molecular complexity index is 3300. The predicted octanol–water partition coefficient (Wildman–Crippen LogP) is 9.32. The van der Waals surface area contributed by atoms with E-state index in [4.69, 9.17) is 71.1 Å². The fourth-order valence-electron chi connectivity index (χ4n) is 11.7. The molecule has 0 amide bonds. The molecule has 22 heteroatoms. The van der Waals surface area contributed by atoms with Gasteiger partial charge in [-0.2, -0.15) is 0 Å². The number of nitrogens with zero attached hydrogens (tertiary/aromatic N) is 3. The SMILES string of the molecule is CC(=O)CCC(=O)O[C@@H]1[C@@H](O[C@@H]2[C@H](O[C@@H]3[C@@H](N=[N+]=[N-])[C@@H](OCc4ccccc4C(=O)O)O[C@@H]4COC(c5ccccc5)O[C@@H]34)O[C@@H]3COC(c4ccccc4)O[C@H]3[C@@H]2OCc2ccccc2)O[C@@H]2COC(c3ccccc3)O[C@H]2[C@@H]1OCc1ccccc1. The van der Waals surface area contributed by atoms with E-state index in [1.54, 1.807) is 18.2 Å². The number of Topliss-reactive ketones (excluding diaryl/α,β-unsaturated/α-hetero) is 1. The highest BCUT2D eigenvalue weighted by Gasteiger charge is 2.60. The number of azide groups is 1. The minimum atomic E-state index is -1.56. The van der Waals surface area contributed by atoms with Gasteiger partial charge in [-0.1, -0.05) is 175 Å². The Morgan fingerprint density at radius 1 is 0.489 bits per heavy atom. The van der Waals surface area contributed by atoms with Crippen molar-refractivity contribution in [2.75, 3.05) is 19.8 Å². The molecule has 0 aromatic heterocycles. The maximum absolute atomic E-state index is 14.3. The van der Waals surface area contributed by atoms with Gasteiger partial charge in [-0.3, -0.25) is 4.79 Å². The van der Waals surface area contributed by atoms with Crippen LogP contribution in [0.25, 0.3) is 10.4 Å². The van der Waals surface area contributed by atoms with Crippen molar-refractivity contribution < 1.29 is 90.5 Å². The lowest BCUT2D eigenvalue weighted by Crippen LogP contribution is -2.69. The molecule has 22 nitrogen and oxygen atoms in total. The number of carbonyl (C=O) groups is 3. The minimum Gasteiger partial charge on any atom is -0.478 e. The predicted molar refractivity (Wildman–Crippen MR) is 307 cm³/mol. The van der Waals surface area contributed by atoms with Crippen molar-refractivity contribution in [2.24, 2.45) is 5.11 Å². The molecule has 0 saturated carbocycles. The van der Waals surface area contributed by atoms with Crippen LogP contribution in [0.15, 0.2) is 181 Å². The molecule has 6 aromatic carbocycles. The number of esters is 1. The molecule has 460 valence electrons. The van der Waals surface area contributed by atoms with Crippen LogP contribution in [-0.4, -0.2) is 135 Å². The first kappa shape index (κ1) is 60.9. The maximum atomic E-state index is 14.3. The zero-order chi connectivity index (χ0) is 60.3. The average molecular weight is 1210 g/mol. The van der Waals surface area contributed by atoms with Gasteiger partial charge < -0.3 is 81.0 Å². The van der Waals surface area contributed by atoms with Crippen molar-refractivity contribution in [1.82, 2.24) is 0 Å². The highest BCUT2D eigenvalue weighted by Crippen LogP contribution is 2.44. The standard InChI is InChI=1S/C66H67N3O19/c1-39(70)31-32-50(71)83-58-56(74-33-40-19-7-2-8-20-40)53-48(37-78-62(85-53)43-25-13-5-14-26-43)81-65(58)88-59-57(75-34-41-21-9-3-10-22-41)54-49(38-79-63(86-54)44-27-15-6-16-28-44)82-66(59)87-55-51(68-69-67)64(76-35-45-29-17-18-30-46(45)60(72)73)80-47-36-77-61(84-52(47)55)42-23-11-4-12-24-42/h2-30,47-49,51-59,61-66H,31-38H2,1H3,(H,72,73)/t47-,48-,49-,51-,52-,53-,54-,55-,56+,57+,58+,59+,61?,62?,63?,64+,65-,66+/m1/s1. The molecule has 88 heavy (non-hydrogen) atoms. The van der Waals surface area contributed by atoms with E-state index in [-0.39, 0.29) is 63.8 Å². The van der Waals surface area contributed by atoms with Crippen LogP contribution in [0.5, 0.6) is 0 Å². The molecule has 12 rings (SSSR count). The highest BCUT2D eigenvalue weighted by atomic mass is 16.8. The summed E-state index contributed by atoms with van der Waals surface area (Å²) in [7, 11) is 0. The molecule has 0 radical (unpaired) electrons. The van der Waals surface area contributed by atoms with Gasteiger partial charge in [0.05, 0.1) is 51.6 Å². The van der Waals surface area contributed by atoms with Crippen LogP contribution >= 0.6 is 0 Å². The second-order valence-corrected chi connectivity index (χ2v) is 22.0. The summed E-state index contributed by atoms with van der Waals surface area (Å²) < 4.78 is 102. The van der Waals surface area contributed by atoms with Gasteiger partial charge in [0.25, 0.3) is 0 Å². The van der Waals surface area contributed by atoms with Gasteiger partial charge in [0.1, 0.15) is 72.9 Å². The molecular weight excluding hydrogens is 1140 g/mol. The number of ether oxygens (including phenoxy) is 15. The van der Waals surface area contributed by atoms with Gasteiger partial charge in [0.15, 0.2) is 43.8 Å². The molecule has 6 saturated heterocycles. The second kappa shape index (κ2) is 28.9. The van der Waals surface area contributed by atoms with E-state index in [2.05, 4.69) is 10.0 Å². The number of hydrogen-bond acceptors (Lipinski definition) is 19. The van der Waals surface area contributed by atoms with Crippen LogP contribution < -0.4 is 0 Å². The van der Waals surface area contributed by atoms with E-state index in [0.717, 1.165) is 22.3 Å². The summed E-state index contributed by atoms with van der Waals surface area (Å²) in [6, 6.07) is 51.9. The van der Waals surface area contributed by atoms with E-state index < -0.39 is 123 Å². The zero-order valence-corrected chi connectivity index (χ0v) is 47.9. The second-order valence-electron chi connectivity index (χ2n) is 22.0. The van der Waals surface area contributed by atoms with E-state index in [0.29, 0.717) is 11.1 Å². The summed E-state index contributed by atoms with van der Waals surface area (Å²) in [6.07, 6.45) is -19.9. The van der Waals surface area contributed by atoms with Crippen molar-refractivity contribution in [2.45, 2.75) is 151 Å². The molecule has 0 bridgehead atoms. The maximum Gasteiger partial charge on any atom is 0.336 e. The molecule has 6 aromatic rings. The summed E-state index contributed by atoms with van der Waals surface area (Å²) in [4.78, 5) is 42.4. The van der Waals surface area contributed by atoms with Gasteiger partial charge in [-0.15, -0.1) is 0 Å². The number of rotatable bonds is 22. The molecule has 6 heterocycles. The normalized spacial score (nSPS) is 31.8. The Morgan fingerprint density at radius 3 is 1.39 bits per heavy atom. The molecule has 0 spiro atoms. The zero-order valence-electron chi connectivity index (χ0n) is 47.9. The Morgan fingerprint density at radius 2 is 0.909 bits per heavy atom. The van der Waals surface area contributed by atoms with Gasteiger partial charge in [-0.25, -0.2) is 4.79 Å². The van der Waals surface area contributed by atoms with Gasteiger partial charge >= 0.3 is 11.9 Å². The van der Waals surface area contributed by atoms with Crippen molar-refractivity contribution >= 4 is 17.7 Å². The van der Waals surface area contributed by atoms with Crippen LogP contribution in [0.1, 0.15) is 82.4 Å². The Balaban J connectivity index is 0.961. The first-order valence-corrected chi connectivity index (χ1v) is 29.3. The minimum absolute atomic E-state index is 0.00775. The Kier molecular flexibility index (Phi) is 20.0. The summed E-state index contributed by atoms with van der Waals surface area (Å²) in [5.41, 5.74) is 14.5. The Hall–Kier alpha value is -7.32. The first-order chi connectivity index (χ1) is 43.1. The molecular formula is C66H67N3O19. The van der Waals surface area contributed by atoms with E-state index >= 15 is 0 Å². The van der Waals surface area contributed by atoms with Crippen LogP contribution in [0.4, 0.5) is 0 Å². The van der Waals surface area contributed by atoms with Crippen molar-refractivity contribution in [3.63, 3.8) is 0 Å². The van der Waals surface area contributed by atoms with Gasteiger partial charge in [-0.05, 0) is 35.2 Å². The third-order valence-corrected chi connectivity index (χ3v) is 16.0. The molecule has 3 unspecified atom stereocenters. The number of carbonyl (C=O) groups excluding carboxylic acids is 2. The fraction of sp³-hybridized carbons (Fsp3) is 0.409. The third kappa shape index (κ3) is 14.4. The molecule has 1 N–H and O–H groups in total. The molecule has 18 atom stereocenters. The lowest BCUT2D eigenvalue weighted by atomic mass is 9.93. The summed E-state index contributed by atoms with van der Waals surface area (Å²) >= 11 is 0. The third-order valence-electron chi connectivity index (χ3n) is 16.0. The number of fused-ring (bicyclic) bond motifs is 3. The van der Waals surface area contributed by atoms with E-state index in [9.17, 15) is 25.0 Å². The molecule has 6 aliphatic heterocycles. The van der Waals surface area contributed by atoms with Gasteiger partial charge in [0.2, 0.25) is 0 Å². The van der Waals surface area contributed by atoms with Crippen molar-refractivity contribution in [3.8, 4) is 0 Å². The average Bonchev–Trinajstić information content (AvgIpc) is 1.98. The number of ketones is 1. The number of benzene rings is 6. The summed E-state index contributed by atoms with van der Waals surface area (Å²) in [5.74, 6) is -2.15. The van der Waals surface area contributed by atoms with Crippen molar-refractivity contribution in [3.05, 3.63) is 225 Å². The smallest absolute Gasteiger partial charge is 0.336 e. The first-order valence-electron chi connectivity index (χ1n) is 29.3. The van der Waals surface area contributed by atoms with E-state index in [1.807, 2.05) is 152 Å². The topological polar surface area (TPSA) is 259 Å². The number of aromatic carboxylic acids is 1. The van der Waals surface area contributed by atoms with E-state index in [1.165, 1.54) is 13.0 Å². The summed E-state index contributed by atoms with van der Waals surface area (Å²) in [5, 5.41) is 14.4. The lowest BCUT2D eigenvalue weighted by Gasteiger charge is -2.54. The fourth-order valence-corrected chi connectivity index (χ4v) is 11.7. The van der Waals surface area contributed by atoms with Gasteiger partial charge in [0, 0.05) is 28.0 Å². The molecule has 6 aliphatic rings. The van der Waals surface area contributed by atoms with Crippen molar-refractivity contribution in [1.29, 1.82) is 0 Å². The van der Waals surface area contributed by atoms with Crippen LogP contribution in [-0.2, 0) is 100 Å². The lowest BCUT2D eigenvalue weighted by molar-refractivity contribution is -0.422. The molecule has 0 aliphatic carbocycles. The highest BCUT2D eigenvalue weighted by molar-refractivity contribution is 5.89. The Labute approximate surface area is 507 Å². The largest absolute Gasteiger partial charge is 0.478 e. The van der Waals surface area contributed by atoms with Crippen LogP contribution in [0.2, 0.25) is 0 Å². The van der Waals surface area contributed by atoms with Crippen LogP contribution in [0, 0.1) is 0 Å². The number of carboxylic acid groups (broad SMARTS) is 1. The number of carboxylic acids is 1. The molecule has 6 fully saturated rings. The monoisotopic (exact) mass is 1210 g/mol. The number of hydrogen-bond donors (Lipinski definition) is 1.